The Labute approximate surface area is 203 Å². The molecule has 0 aliphatic rings. The Hall–Kier alpha value is -3.55. The third-order valence-corrected chi connectivity index (χ3v) is 7.41. The number of sulfonamides is 1. The van der Waals surface area contributed by atoms with Crippen LogP contribution in [0.3, 0.4) is 0 Å². The van der Waals surface area contributed by atoms with E-state index in [2.05, 4.69) is 5.32 Å². The van der Waals surface area contributed by atoms with Crippen molar-refractivity contribution in [1.29, 1.82) is 0 Å². The van der Waals surface area contributed by atoms with E-state index in [1.54, 1.807) is 30.3 Å². The number of amides is 1. The number of hydrogen-bond donors (Lipinski definition) is 1. The van der Waals surface area contributed by atoms with Crippen LogP contribution in [0.1, 0.15) is 5.56 Å². The number of methoxy groups -OCH3 is 1. The van der Waals surface area contributed by atoms with Crippen molar-refractivity contribution in [3.8, 4) is 5.75 Å². The second kappa shape index (κ2) is 10.2. The Balaban J connectivity index is 1.59. The molecule has 0 fully saturated rings. The van der Waals surface area contributed by atoms with Gasteiger partial charge in [0.1, 0.15) is 12.3 Å². The molecule has 6 nitrogen and oxygen atoms in total. The minimum absolute atomic E-state index is 0.0372. The van der Waals surface area contributed by atoms with Crippen LogP contribution in [0.2, 0.25) is 5.02 Å². The number of rotatable bonds is 8. The third-order valence-electron chi connectivity index (χ3n) is 5.39. The van der Waals surface area contributed by atoms with E-state index >= 15 is 0 Å². The van der Waals surface area contributed by atoms with Crippen LogP contribution >= 0.6 is 11.6 Å². The lowest BCUT2D eigenvalue weighted by molar-refractivity contribution is -0.119. The Bertz CT molecular complexity index is 1420. The number of nitrogens with zero attached hydrogens (tertiary/aromatic N) is 1. The van der Waals surface area contributed by atoms with E-state index < -0.39 is 22.5 Å². The van der Waals surface area contributed by atoms with Crippen LogP contribution in [0.5, 0.6) is 5.75 Å². The van der Waals surface area contributed by atoms with Crippen LogP contribution in [0.4, 0.5) is 5.69 Å². The van der Waals surface area contributed by atoms with Gasteiger partial charge in [-0.2, -0.15) is 0 Å². The van der Waals surface area contributed by atoms with Crippen molar-refractivity contribution in [1.82, 2.24) is 5.32 Å². The van der Waals surface area contributed by atoms with Crippen molar-refractivity contribution >= 4 is 44.0 Å². The molecule has 1 N–H and O–H groups in total. The summed E-state index contributed by atoms with van der Waals surface area (Å²) in [5.41, 5.74) is 1.24. The fraction of sp³-hybridized carbons (Fsp3) is 0.115. The lowest BCUT2D eigenvalue weighted by Gasteiger charge is -2.24. The number of fused-ring (bicyclic) bond motifs is 1. The molecule has 0 aromatic heterocycles. The predicted molar refractivity (Wildman–Crippen MR) is 135 cm³/mol. The van der Waals surface area contributed by atoms with Crippen LogP contribution in [0.15, 0.2) is 95.9 Å². The zero-order valence-corrected chi connectivity index (χ0v) is 20.0. The average Bonchev–Trinajstić information content (AvgIpc) is 2.86. The highest BCUT2D eigenvalue weighted by Crippen LogP contribution is 2.27. The molecule has 0 radical (unpaired) electrons. The van der Waals surface area contributed by atoms with Gasteiger partial charge in [-0.3, -0.25) is 9.10 Å². The number of benzene rings is 4. The van der Waals surface area contributed by atoms with E-state index in [4.69, 9.17) is 16.3 Å². The summed E-state index contributed by atoms with van der Waals surface area (Å²) in [5, 5.41) is 5.31. The lowest BCUT2D eigenvalue weighted by Crippen LogP contribution is -2.40. The average molecular weight is 495 g/mol. The highest BCUT2D eigenvalue weighted by molar-refractivity contribution is 7.92. The molecule has 8 heteroatoms. The molecule has 174 valence electrons. The van der Waals surface area contributed by atoms with Crippen LogP contribution < -0.4 is 14.4 Å². The fourth-order valence-electron chi connectivity index (χ4n) is 3.65. The predicted octanol–water partition coefficient (Wildman–Crippen LogP) is 5.01. The van der Waals surface area contributed by atoms with Gasteiger partial charge >= 0.3 is 0 Å². The second-order valence-electron chi connectivity index (χ2n) is 7.58. The lowest BCUT2D eigenvalue weighted by atomic mass is 10.0. The normalized spacial score (nSPS) is 11.2. The number of anilines is 1. The summed E-state index contributed by atoms with van der Waals surface area (Å²) in [5.74, 6) is 0.0890. The minimum Gasteiger partial charge on any atom is -0.497 e. The number of carbonyl (C=O) groups is 1. The standard InChI is InChI=1S/C26H23ClN2O4S/c1-33-23-12-14-24(15-13-23)34(31,32)29(22-10-5-9-21(27)16-22)18-26(30)28-17-20-8-4-7-19-6-2-3-11-25(19)20/h2-16H,17-18H2,1H3,(H,28,30). The molecule has 0 spiro atoms. The maximum atomic E-state index is 13.5. The van der Waals surface area contributed by atoms with Gasteiger partial charge in [0.2, 0.25) is 5.91 Å². The summed E-state index contributed by atoms with van der Waals surface area (Å²) in [6.07, 6.45) is 0. The number of nitrogens with one attached hydrogen (secondary N) is 1. The van der Waals surface area contributed by atoms with E-state index in [9.17, 15) is 13.2 Å². The van der Waals surface area contributed by atoms with Gasteiger partial charge in [-0.05, 0) is 58.8 Å². The van der Waals surface area contributed by atoms with Crippen LogP contribution in [0.25, 0.3) is 10.8 Å². The molecule has 0 aliphatic heterocycles. The maximum absolute atomic E-state index is 13.5. The smallest absolute Gasteiger partial charge is 0.264 e. The van der Waals surface area contributed by atoms with Crippen LogP contribution in [0, 0.1) is 0 Å². The first-order valence-corrected chi connectivity index (χ1v) is 12.4. The Kier molecular flexibility index (Phi) is 7.05. The van der Waals surface area contributed by atoms with Gasteiger partial charge in [0.25, 0.3) is 10.0 Å². The van der Waals surface area contributed by atoms with Gasteiger partial charge < -0.3 is 10.1 Å². The zero-order chi connectivity index (χ0) is 24.1. The Morgan fingerprint density at radius 3 is 2.38 bits per heavy atom. The first-order chi connectivity index (χ1) is 16.4. The van der Waals surface area contributed by atoms with Gasteiger partial charge in [0.15, 0.2) is 0 Å². The number of ether oxygens (including phenoxy) is 1. The van der Waals surface area contributed by atoms with Crippen molar-refractivity contribution in [2.75, 3.05) is 18.0 Å². The van der Waals surface area contributed by atoms with Gasteiger partial charge in [-0.15, -0.1) is 0 Å². The molecule has 0 saturated heterocycles. The largest absolute Gasteiger partial charge is 0.497 e. The van der Waals surface area contributed by atoms with Crippen molar-refractivity contribution in [3.63, 3.8) is 0 Å². The summed E-state index contributed by atoms with van der Waals surface area (Å²) in [6.45, 7) is -0.133. The van der Waals surface area contributed by atoms with E-state index in [0.29, 0.717) is 16.5 Å². The van der Waals surface area contributed by atoms with Gasteiger partial charge in [-0.1, -0.05) is 60.1 Å². The molecule has 0 bridgehead atoms. The SMILES string of the molecule is COc1ccc(S(=O)(=O)N(CC(=O)NCc2cccc3ccccc23)c2cccc(Cl)c2)cc1. The second-order valence-corrected chi connectivity index (χ2v) is 9.88. The Morgan fingerprint density at radius 1 is 0.941 bits per heavy atom. The third kappa shape index (κ3) is 5.16. The molecule has 34 heavy (non-hydrogen) atoms. The monoisotopic (exact) mass is 494 g/mol. The molecule has 4 aromatic carbocycles. The first-order valence-electron chi connectivity index (χ1n) is 10.5. The molecule has 4 aromatic rings. The van der Waals surface area contributed by atoms with Crippen molar-refractivity contribution in [2.45, 2.75) is 11.4 Å². The number of carbonyl (C=O) groups excluding carboxylic acids is 1. The molecule has 1 amide bonds. The van der Waals surface area contributed by atoms with Crippen molar-refractivity contribution in [2.24, 2.45) is 0 Å². The first kappa shape index (κ1) is 23.6. The number of halogens is 1. The molecule has 0 saturated carbocycles. The molecule has 0 atom stereocenters. The highest BCUT2D eigenvalue weighted by Gasteiger charge is 2.27. The van der Waals surface area contributed by atoms with E-state index in [-0.39, 0.29) is 11.4 Å². The van der Waals surface area contributed by atoms with Crippen LogP contribution in [-0.4, -0.2) is 28.0 Å². The summed E-state index contributed by atoms with van der Waals surface area (Å²) < 4.78 is 33.2. The Morgan fingerprint density at radius 2 is 1.65 bits per heavy atom. The summed E-state index contributed by atoms with van der Waals surface area (Å²) in [7, 11) is -2.55. The molecular formula is C26H23ClN2O4S. The zero-order valence-electron chi connectivity index (χ0n) is 18.4. The van der Waals surface area contributed by atoms with E-state index in [1.165, 1.54) is 25.3 Å². The topological polar surface area (TPSA) is 75.7 Å². The van der Waals surface area contributed by atoms with E-state index in [0.717, 1.165) is 20.6 Å². The van der Waals surface area contributed by atoms with Crippen molar-refractivity contribution < 1.29 is 17.9 Å². The summed E-state index contributed by atoms with van der Waals surface area (Å²) >= 11 is 6.12. The number of hydrogen-bond acceptors (Lipinski definition) is 4. The quantitative estimate of drug-likeness (QED) is 0.373. The highest BCUT2D eigenvalue weighted by atomic mass is 35.5. The maximum Gasteiger partial charge on any atom is 0.264 e. The van der Waals surface area contributed by atoms with Gasteiger partial charge in [0, 0.05) is 11.6 Å². The van der Waals surface area contributed by atoms with Crippen molar-refractivity contribution in [3.05, 3.63) is 102 Å². The van der Waals surface area contributed by atoms with Crippen LogP contribution in [-0.2, 0) is 21.4 Å². The summed E-state index contributed by atoms with van der Waals surface area (Å²) in [6, 6.07) is 26.2. The molecule has 0 aliphatic carbocycles. The molecular weight excluding hydrogens is 472 g/mol. The van der Waals surface area contributed by atoms with E-state index in [1.807, 2.05) is 42.5 Å². The minimum atomic E-state index is -4.05. The molecule has 0 unspecified atom stereocenters. The van der Waals surface area contributed by atoms with Gasteiger partial charge in [0.05, 0.1) is 17.7 Å². The van der Waals surface area contributed by atoms with Gasteiger partial charge in [-0.25, -0.2) is 8.42 Å². The molecule has 0 heterocycles. The molecule has 4 rings (SSSR count). The summed E-state index contributed by atoms with van der Waals surface area (Å²) in [4.78, 5) is 13.0. The fourth-order valence-corrected chi connectivity index (χ4v) is 5.25.